The van der Waals surface area contributed by atoms with Crippen molar-refractivity contribution in [3.63, 3.8) is 0 Å². The van der Waals surface area contributed by atoms with E-state index in [0.717, 1.165) is 0 Å². The minimum Gasteiger partial charge on any atom is -0.497 e. The normalized spacial score (nSPS) is 25.8. The van der Waals surface area contributed by atoms with Gasteiger partial charge in [0.1, 0.15) is 29.8 Å². The molecule has 1 N–H and O–H groups in total. The molecule has 2 fully saturated rings. The van der Waals surface area contributed by atoms with Crippen LogP contribution in [0.25, 0.3) is 0 Å². The minimum absolute atomic E-state index is 0.0915. The second-order valence-corrected chi connectivity index (χ2v) is 7.04. The van der Waals surface area contributed by atoms with E-state index in [9.17, 15) is 22.4 Å². The summed E-state index contributed by atoms with van der Waals surface area (Å²) < 4.78 is 67.2. The molecule has 0 bridgehead atoms. The van der Waals surface area contributed by atoms with Gasteiger partial charge < -0.3 is 19.5 Å². The van der Waals surface area contributed by atoms with Gasteiger partial charge >= 0.3 is 6.18 Å². The van der Waals surface area contributed by atoms with Gasteiger partial charge in [-0.2, -0.15) is 13.2 Å². The molecular weight excluding hydrogens is 384 g/mol. The lowest BCUT2D eigenvalue weighted by atomic mass is 9.97. The number of carbonyl (C=O) groups is 1. The molecule has 6 nitrogen and oxygen atoms in total. The van der Waals surface area contributed by atoms with Gasteiger partial charge in [-0.15, -0.1) is 0 Å². The zero-order valence-electron chi connectivity index (χ0n) is 15.4. The molecule has 0 aromatic heterocycles. The first kappa shape index (κ1) is 20.8. The number of methoxy groups -OCH3 is 1. The molecule has 2 unspecified atom stereocenters. The second kappa shape index (κ2) is 8.22. The first-order valence-corrected chi connectivity index (χ1v) is 8.84. The van der Waals surface area contributed by atoms with Gasteiger partial charge in [0.2, 0.25) is 5.91 Å². The van der Waals surface area contributed by atoms with Crippen molar-refractivity contribution in [2.75, 3.05) is 40.0 Å². The number of rotatable bonds is 5. The van der Waals surface area contributed by atoms with Gasteiger partial charge in [0, 0.05) is 31.6 Å². The number of nitrogens with zero attached hydrogens (tertiary/aromatic N) is 1. The van der Waals surface area contributed by atoms with Crippen molar-refractivity contribution in [3.8, 4) is 5.75 Å². The standard InChI is InChI=1S/C18H22F4N2O4/c1-26-13-2-3-14(19)12(6-13)8-24-4-5-28-17(10-24)7-15(27-11-17)16(25)23-9-18(20,21)22/h2-3,6,15H,4-5,7-11H2,1H3,(H,23,25). The van der Waals surface area contributed by atoms with E-state index in [0.29, 0.717) is 37.6 Å². The maximum atomic E-state index is 14.1. The summed E-state index contributed by atoms with van der Waals surface area (Å²) in [6, 6.07) is 4.49. The summed E-state index contributed by atoms with van der Waals surface area (Å²) in [7, 11) is 1.50. The summed E-state index contributed by atoms with van der Waals surface area (Å²) >= 11 is 0. The lowest BCUT2D eigenvalue weighted by Crippen LogP contribution is -2.52. The van der Waals surface area contributed by atoms with Crippen molar-refractivity contribution in [1.29, 1.82) is 0 Å². The SMILES string of the molecule is COc1ccc(F)c(CN2CCOC3(COC(C(=O)NCC(F)(F)F)C3)C2)c1. The number of halogens is 4. The van der Waals surface area contributed by atoms with Crippen LogP contribution in [0.1, 0.15) is 12.0 Å². The van der Waals surface area contributed by atoms with E-state index in [1.807, 2.05) is 10.2 Å². The molecule has 2 aliphatic rings. The van der Waals surface area contributed by atoms with Crippen molar-refractivity contribution >= 4 is 5.91 Å². The van der Waals surface area contributed by atoms with Crippen molar-refractivity contribution in [2.45, 2.75) is 30.8 Å². The van der Waals surface area contributed by atoms with E-state index in [1.165, 1.54) is 19.2 Å². The Morgan fingerprint density at radius 2 is 2.21 bits per heavy atom. The van der Waals surface area contributed by atoms with Crippen LogP contribution in [0.4, 0.5) is 17.6 Å². The fourth-order valence-corrected chi connectivity index (χ4v) is 3.49. The van der Waals surface area contributed by atoms with Crippen LogP contribution in [-0.2, 0) is 20.8 Å². The van der Waals surface area contributed by atoms with Crippen LogP contribution < -0.4 is 10.1 Å². The summed E-state index contributed by atoms with van der Waals surface area (Å²) in [6.45, 7) is 0.302. The Morgan fingerprint density at radius 3 is 2.93 bits per heavy atom. The number of amides is 1. The molecule has 156 valence electrons. The third kappa shape index (κ3) is 5.12. The maximum absolute atomic E-state index is 14.1. The van der Waals surface area contributed by atoms with E-state index >= 15 is 0 Å². The Kier molecular flexibility index (Phi) is 6.11. The number of morpholine rings is 1. The first-order valence-electron chi connectivity index (χ1n) is 8.84. The Labute approximate surface area is 159 Å². The predicted molar refractivity (Wildman–Crippen MR) is 90.3 cm³/mol. The second-order valence-electron chi connectivity index (χ2n) is 7.04. The zero-order valence-corrected chi connectivity index (χ0v) is 15.4. The third-order valence-corrected chi connectivity index (χ3v) is 4.83. The molecule has 1 spiro atoms. The third-order valence-electron chi connectivity index (χ3n) is 4.83. The summed E-state index contributed by atoms with van der Waals surface area (Å²) in [5, 5.41) is 1.84. The molecular formula is C18H22F4N2O4. The molecule has 1 amide bonds. The summed E-state index contributed by atoms with van der Waals surface area (Å²) in [4.78, 5) is 13.9. The number of ether oxygens (including phenoxy) is 3. The molecule has 0 saturated carbocycles. The summed E-state index contributed by atoms with van der Waals surface area (Å²) in [5.41, 5.74) is -0.330. The van der Waals surface area contributed by atoms with Gasteiger partial charge in [-0.05, 0) is 18.2 Å². The van der Waals surface area contributed by atoms with Crippen LogP contribution in [0.3, 0.4) is 0 Å². The molecule has 2 aliphatic heterocycles. The van der Waals surface area contributed by atoms with Gasteiger partial charge in [0.15, 0.2) is 0 Å². The molecule has 1 aromatic rings. The number of carbonyl (C=O) groups excluding carboxylic acids is 1. The largest absolute Gasteiger partial charge is 0.497 e. The van der Waals surface area contributed by atoms with Gasteiger partial charge in [-0.25, -0.2) is 4.39 Å². The highest BCUT2D eigenvalue weighted by molar-refractivity contribution is 5.81. The topological polar surface area (TPSA) is 60.0 Å². The molecule has 2 heterocycles. The van der Waals surface area contributed by atoms with Crippen molar-refractivity contribution in [1.82, 2.24) is 10.2 Å². The van der Waals surface area contributed by atoms with Crippen LogP contribution in [0.2, 0.25) is 0 Å². The maximum Gasteiger partial charge on any atom is 0.405 e. The quantitative estimate of drug-likeness (QED) is 0.757. The summed E-state index contributed by atoms with van der Waals surface area (Å²) in [5.74, 6) is -0.618. The highest BCUT2D eigenvalue weighted by Crippen LogP contribution is 2.32. The van der Waals surface area contributed by atoms with Crippen molar-refractivity contribution < 1.29 is 36.6 Å². The van der Waals surface area contributed by atoms with Crippen LogP contribution in [0, 0.1) is 5.82 Å². The number of benzene rings is 1. The number of hydrogen-bond donors (Lipinski definition) is 1. The summed E-state index contributed by atoms with van der Waals surface area (Å²) in [6.07, 6.45) is -5.34. The molecule has 3 rings (SSSR count). The number of nitrogens with one attached hydrogen (secondary N) is 1. The van der Waals surface area contributed by atoms with Crippen LogP contribution in [0.5, 0.6) is 5.75 Å². The fraction of sp³-hybridized carbons (Fsp3) is 0.611. The van der Waals surface area contributed by atoms with Gasteiger partial charge in [0.05, 0.1) is 20.3 Å². The Morgan fingerprint density at radius 1 is 1.43 bits per heavy atom. The first-order chi connectivity index (χ1) is 13.2. The predicted octanol–water partition coefficient (Wildman–Crippen LogP) is 1.87. The van der Waals surface area contributed by atoms with E-state index in [4.69, 9.17) is 14.2 Å². The van der Waals surface area contributed by atoms with Crippen LogP contribution >= 0.6 is 0 Å². The van der Waals surface area contributed by atoms with E-state index in [2.05, 4.69) is 0 Å². The van der Waals surface area contributed by atoms with E-state index < -0.39 is 30.3 Å². The smallest absolute Gasteiger partial charge is 0.405 e. The molecule has 2 saturated heterocycles. The minimum atomic E-state index is -4.48. The molecule has 0 aliphatic carbocycles. The molecule has 10 heteroatoms. The van der Waals surface area contributed by atoms with Crippen LogP contribution in [-0.4, -0.2) is 68.6 Å². The Balaban J connectivity index is 1.60. The highest BCUT2D eigenvalue weighted by Gasteiger charge is 2.47. The van der Waals surface area contributed by atoms with Gasteiger partial charge in [0.25, 0.3) is 0 Å². The average Bonchev–Trinajstić information content (AvgIpc) is 3.04. The van der Waals surface area contributed by atoms with Gasteiger partial charge in [-0.3, -0.25) is 9.69 Å². The Hall–Kier alpha value is -1.91. The lowest BCUT2D eigenvalue weighted by molar-refractivity contribution is -0.143. The molecule has 2 atom stereocenters. The Bertz CT molecular complexity index is 715. The van der Waals surface area contributed by atoms with E-state index in [1.54, 1.807) is 6.07 Å². The van der Waals surface area contributed by atoms with Crippen molar-refractivity contribution in [2.24, 2.45) is 0 Å². The van der Waals surface area contributed by atoms with Crippen molar-refractivity contribution in [3.05, 3.63) is 29.6 Å². The number of alkyl halides is 3. The lowest BCUT2D eigenvalue weighted by Gasteiger charge is -2.39. The molecule has 0 radical (unpaired) electrons. The molecule has 1 aromatic carbocycles. The molecule has 28 heavy (non-hydrogen) atoms. The van der Waals surface area contributed by atoms with E-state index in [-0.39, 0.29) is 18.8 Å². The average molecular weight is 406 g/mol. The fourth-order valence-electron chi connectivity index (χ4n) is 3.49. The number of hydrogen-bond acceptors (Lipinski definition) is 5. The zero-order chi connectivity index (χ0) is 20.4. The monoisotopic (exact) mass is 406 g/mol. The van der Waals surface area contributed by atoms with Crippen LogP contribution in [0.15, 0.2) is 18.2 Å². The van der Waals surface area contributed by atoms with Gasteiger partial charge in [-0.1, -0.05) is 0 Å². The highest BCUT2D eigenvalue weighted by atomic mass is 19.4.